The van der Waals surface area contributed by atoms with Crippen LogP contribution < -0.4 is 0 Å². The minimum absolute atomic E-state index is 0.497. The van der Waals surface area contributed by atoms with Gasteiger partial charge in [-0.1, -0.05) is 61.8 Å². The molecule has 0 N–H and O–H groups in total. The molecule has 0 aromatic carbocycles. The van der Waals surface area contributed by atoms with Gasteiger partial charge in [-0.2, -0.15) is 0 Å². The van der Waals surface area contributed by atoms with Gasteiger partial charge in [0.15, 0.2) is 0 Å². The molecule has 0 aromatic heterocycles. The number of hydrogen-bond donors (Lipinski definition) is 0. The van der Waals surface area contributed by atoms with Crippen LogP contribution >= 0.6 is 0 Å². The Hall–Kier alpha value is 0. The van der Waals surface area contributed by atoms with Gasteiger partial charge in [-0.15, -0.1) is 0 Å². The molecule has 17 heavy (non-hydrogen) atoms. The maximum Gasteiger partial charge on any atom is -0.0241 e. The predicted octanol–water partition coefficient (Wildman–Crippen LogP) is 5.77. The van der Waals surface area contributed by atoms with Gasteiger partial charge < -0.3 is 0 Å². The van der Waals surface area contributed by atoms with E-state index in [-0.39, 0.29) is 0 Å². The smallest absolute Gasteiger partial charge is 0.0241 e. The molecule has 0 aromatic rings. The minimum Gasteiger partial charge on any atom is -0.0651 e. The van der Waals surface area contributed by atoms with Crippen molar-refractivity contribution in [2.75, 3.05) is 0 Å². The maximum atomic E-state index is 2.57. The molecular weight excluding hydrogens is 204 g/mol. The zero-order chi connectivity index (χ0) is 13.4. The molecular formula is C17H34. The molecule has 0 heteroatoms. The Morgan fingerprint density at radius 2 is 1.65 bits per heavy atom. The quantitative estimate of drug-likeness (QED) is 0.583. The molecule has 0 nitrogen and oxygen atoms in total. The summed E-state index contributed by atoms with van der Waals surface area (Å²) in [5.74, 6) is 3.40. The fraction of sp³-hybridized carbons (Fsp3) is 1.00. The molecule has 0 saturated heterocycles. The lowest BCUT2D eigenvalue weighted by atomic mass is 9.55. The van der Waals surface area contributed by atoms with Crippen molar-refractivity contribution in [3.63, 3.8) is 0 Å². The normalized spacial score (nSPS) is 36.2. The topological polar surface area (TPSA) is 0 Å². The lowest BCUT2D eigenvalue weighted by Crippen LogP contribution is -2.43. The molecule has 0 aliphatic heterocycles. The highest BCUT2D eigenvalue weighted by Gasteiger charge is 2.53. The predicted molar refractivity (Wildman–Crippen MR) is 78.1 cm³/mol. The van der Waals surface area contributed by atoms with Crippen molar-refractivity contribution in [2.45, 2.75) is 74.7 Å². The van der Waals surface area contributed by atoms with Crippen LogP contribution in [-0.2, 0) is 0 Å². The van der Waals surface area contributed by atoms with Crippen molar-refractivity contribution in [3.8, 4) is 0 Å². The van der Waals surface area contributed by atoms with Gasteiger partial charge in [-0.3, -0.25) is 0 Å². The highest BCUT2D eigenvalue weighted by molar-refractivity contribution is 5.02. The summed E-state index contributed by atoms with van der Waals surface area (Å²) in [5.41, 5.74) is 1.03. The Morgan fingerprint density at radius 1 is 1.12 bits per heavy atom. The van der Waals surface area contributed by atoms with E-state index in [1.807, 2.05) is 0 Å². The van der Waals surface area contributed by atoms with Crippen molar-refractivity contribution in [1.82, 2.24) is 0 Å². The van der Waals surface area contributed by atoms with Gasteiger partial charge in [0.25, 0.3) is 0 Å². The Bertz CT molecular complexity index is 251. The third-order valence-corrected chi connectivity index (χ3v) is 6.75. The van der Waals surface area contributed by atoms with Gasteiger partial charge in [-0.05, 0) is 47.3 Å². The summed E-state index contributed by atoms with van der Waals surface area (Å²) in [6, 6.07) is 0. The van der Waals surface area contributed by atoms with Crippen LogP contribution in [0, 0.1) is 34.5 Å². The standard InChI is InChI=1S/C17H34/c1-9-15(14(5)12(2)3)17(8)11-10-13(4)16(17,6)7/h12-15H,9-11H2,1-8H3. The molecule has 1 aliphatic carbocycles. The van der Waals surface area contributed by atoms with E-state index >= 15 is 0 Å². The van der Waals surface area contributed by atoms with Gasteiger partial charge in [0.2, 0.25) is 0 Å². The van der Waals surface area contributed by atoms with Crippen LogP contribution in [0.15, 0.2) is 0 Å². The molecule has 1 rings (SSSR count). The van der Waals surface area contributed by atoms with E-state index in [1.165, 1.54) is 19.3 Å². The average Bonchev–Trinajstić information content (AvgIpc) is 2.44. The number of hydrogen-bond acceptors (Lipinski definition) is 0. The monoisotopic (exact) mass is 238 g/mol. The minimum atomic E-state index is 0.497. The van der Waals surface area contributed by atoms with Crippen LogP contribution in [0.4, 0.5) is 0 Å². The van der Waals surface area contributed by atoms with Crippen molar-refractivity contribution < 1.29 is 0 Å². The molecule has 0 bridgehead atoms. The average molecular weight is 238 g/mol. The van der Waals surface area contributed by atoms with E-state index in [0.717, 1.165) is 23.7 Å². The molecule has 102 valence electrons. The first-order valence-corrected chi connectivity index (χ1v) is 7.68. The van der Waals surface area contributed by atoms with Crippen LogP contribution in [0.3, 0.4) is 0 Å². The van der Waals surface area contributed by atoms with Crippen LogP contribution in [-0.4, -0.2) is 0 Å². The Kier molecular flexibility index (Phi) is 4.37. The molecule has 0 spiro atoms. The molecule has 4 unspecified atom stereocenters. The first kappa shape index (κ1) is 15.1. The lowest BCUT2D eigenvalue weighted by Gasteiger charge is -2.49. The van der Waals surface area contributed by atoms with Crippen LogP contribution in [0.1, 0.15) is 74.7 Å². The molecule has 1 saturated carbocycles. The second-order valence-electron chi connectivity index (χ2n) is 7.70. The summed E-state index contributed by atoms with van der Waals surface area (Å²) in [7, 11) is 0. The summed E-state index contributed by atoms with van der Waals surface area (Å²) in [5, 5.41) is 0. The first-order valence-electron chi connectivity index (χ1n) is 7.68. The van der Waals surface area contributed by atoms with Gasteiger partial charge in [0, 0.05) is 0 Å². The van der Waals surface area contributed by atoms with Crippen molar-refractivity contribution in [3.05, 3.63) is 0 Å². The summed E-state index contributed by atoms with van der Waals surface area (Å²) in [6.07, 6.45) is 4.19. The number of rotatable bonds is 4. The largest absolute Gasteiger partial charge is 0.0651 e. The zero-order valence-corrected chi connectivity index (χ0v) is 13.4. The molecule has 0 heterocycles. The maximum absolute atomic E-state index is 2.57. The lowest BCUT2D eigenvalue weighted by molar-refractivity contribution is -0.00885. The van der Waals surface area contributed by atoms with E-state index in [2.05, 4.69) is 55.4 Å². The van der Waals surface area contributed by atoms with Crippen molar-refractivity contribution in [2.24, 2.45) is 34.5 Å². The van der Waals surface area contributed by atoms with E-state index in [0.29, 0.717) is 10.8 Å². The van der Waals surface area contributed by atoms with E-state index in [9.17, 15) is 0 Å². The first-order chi connectivity index (χ1) is 7.68. The highest BCUT2D eigenvalue weighted by Crippen LogP contribution is 2.61. The van der Waals surface area contributed by atoms with E-state index < -0.39 is 0 Å². The molecule has 1 aliphatic rings. The van der Waals surface area contributed by atoms with Crippen LogP contribution in [0.25, 0.3) is 0 Å². The highest BCUT2D eigenvalue weighted by atomic mass is 14.6. The summed E-state index contributed by atoms with van der Waals surface area (Å²) >= 11 is 0. The fourth-order valence-corrected chi connectivity index (χ4v) is 4.29. The molecule has 0 radical (unpaired) electrons. The SMILES string of the molecule is CCC(C(C)C(C)C)C1(C)CCC(C)C1(C)C. The van der Waals surface area contributed by atoms with Gasteiger partial charge in [0.05, 0.1) is 0 Å². The Morgan fingerprint density at radius 3 is 1.94 bits per heavy atom. The van der Waals surface area contributed by atoms with Crippen molar-refractivity contribution >= 4 is 0 Å². The van der Waals surface area contributed by atoms with Gasteiger partial charge >= 0.3 is 0 Å². The van der Waals surface area contributed by atoms with Crippen LogP contribution in [0.5, 0.6) is 0 Å². The molecule has 0 amide bonds. The summed E-state index contributed by atoms with van der Waals surface area (Å²) in [6.45, 7) is 19.7. The summed E-state index contributed by atoms with van der Waals surface area (Å²) in [4.78, 5) is 0. The van der Waals surface area contributed by atoms with Gasteiger partial charge in [0.1, 0.15) is 0 Å². The zero-order valence-electron chi connectivity index (χ0n) is 13.4. The van der Waals surface area contributed by atoms with Crippen molar-refractivity contribution in [1.29, 1.82) is 0 Å². The van der Waals surface area contributed by atoms with E-state index in [1.54, 1.807) is 0 Å². The molecule has 4 atom stereocenters. The molecule has 1 fully saturated rings. The second-order valence-corrected chi connectivity index (χ2v) is 7.70. The summed E-state index contributed by atoms with van der Waals surface area (Å²) < 4.78 is 0. The third-order valence-electron chi connectivity index (χ3n) is 6.75. The fourth-order valence-electron chi connectivity index (χ4n) is 4.29. The second kappa shape index (κ2) is 4.94. The van der Waals surface area contributed by atoms with Crippen LogP contribution in [0.2, 0.25) is 0 Å². The van der Waals surface area contributed by atoms with E-state index in [4.69, 9.17) is 0 Å². The Labute approximate surface area is 110 Å². The van der Waals surface area contributed by atoms with Gasteiger partial charge in [-0.25, -0.2) is 0 Å². The Balaban J connectivity index is 3.03. The third kappa shape index (κ3) is 2.29.